The van der Waals surface area contributed by atoms with Crippen molar-refractivity contribution in [2.24, 2.45) is 0 Å². The van der Waals surface area contributed by atoms with Crippen molar-refractivity contribution >= 4 is 22.8 Å². The number of carbonyl (C=O) groups excluding carboxylic acids is 1. The van der Waals surface area contributed by atoms with Gasteiger partial charge < -0.3 is 9.88 Å². The van der Waals surface area contributed by atoms with Gasteiger partial charge in [-0.1, -0.05) is 78.4 Å². The highest BCUT2D eigenvalue weighted by Crippen LogP contribution is 2.13. The lowest BCUT2D eigenvalue weighted by Crippen LogP contribution is -2.43. The number of hydrogen-bond donors (Lipinski definition) is 1. The Hall–Kier alpha value is -4.72. The number of rotatable bonds is 7. The molecule has 0 saturated carbocycles. The van der Waals surface area contributed by atoms with Crippen molar-refractivity contribution in [2.75, 3.05) is 5.32 Å². The quantitative estimate of drug-likeness (QED) is 0.387. The molecule has 3 aromatic carbocycles. The Morgan fingerprint density at radius 2 is 1.42 bits per heavy atom. The Labute approximate surface area is 207 Å². The number of aryl methyl sites for hydroxylation is 1. The van der Waals surface area contributed by atoms with E-state index in [1.165, 1.54) is 4.57 Å². The molecule has 1 amide bonds. The highest BCUT2D eigenvalue weighted by atomic mass is 16.2. The highest BCUT2D eigenvalue weighted by Gasteiger charge is 2.20. The van der Waals surface area contributed by atoms with Crippen LogP contribution >= 0.6 is 0 Å². The van der Waals surface area contributed by atoms with Crippen LogP contribution in [0.3, 0.4) is 0 Å². The summed E-state index contributed by atoms with van der Waals surface area (Å²) < 4.78 is 4.16. The molecule has 0 bridgehead atoms. The van der Waals surface area contributed by atoms with Gasteiger partial charge >= 0.3 is 5.69 Å². The average Bonchev–Trinajstić information content (AvgIpc) is 3.30. The number of amides is 1. The van der Waals surface area contributed by atoms with Gasteiger partial charge in [-0.2, -0.15) is 0 Å². The molecule has 0 aliphatic rings. The van der Waals surface area contributed by atoms with Crippen molar-refractivity contribution < 1.29 is 4.79 Å². The normalized spacial score (nSPS) is 11.0. The van der Waals surface area contributed by atoms with Crippen LogP contribution < -0.4 is 16.6 Å². The molecule has 0 unspecified atom stereocenters. The lowest BCUT2D eigenvalue weighted by Gasteiger charge is -2.13. The molecule has 1 N–H and O–H groups in total. The van der Waals surface area contributed by atoms with Gasteiger partial charge in [-0.05, 0) is 30.2 Å². The first-order chi connectivity index (χ1) is 17.5. The fourth-order valence-electron chi connectivity index (χ4n) is 4.17. The third-order valence-corrected chi connectivity index (χ3v) is 6.00. The number of aromatic nitrogens is 4. The third kappa shape index (κ3) is 4.74. The molecule has 0 spiro atoms. The predicted octanol–water partition coefficient (Wildman–Crippen LogP) is 3.40. The summed E-state index contributed by atoms with van der Waals surface area (Å²) in [7, 11) is 0. The average molecular weight is 480 g/mol. The van der Waals surface area contributed by atoms with E-state index >= 15 is 0 Å². The second-order valence-electron chi connectivity index (χ2n) is 8.69. The van der Waals surface area contributed by atoms with Crippen LogP contribution in [0.2, 0.25) is 0 Å². The van der Waals surface area contributed by atoms with E-state index < -0.39 is 23.7 Å². The number of hydrogen-bond acceptors (Lipinski definition) is 4. The maximum atomic E-state index is 13.6. The van der Waals surface area contributed by atoms with Crippen LogP contribution in [-0.2, 0) is 24.4 Å². The standard InChI is InChI=1S/C28H25N5O3/c1-20-12-14-23(15-13-20)30-24(34)18-33-27(35)25-26(29-19-31(25)16-21-8-4-2-5-9-21)32(28(33)36)17-22-10-6-3-7-11-22/h2-15,19H,16-18H2,1H3,(H,30,34). The van der Waals surface area contributed by atoms with Gasteiger partial charge in [0.25, 0.3) is 5.56 Å². The van der Waals surface area contributed by atoms with E-state index in [0.29, 0.717) is 17.9 Å². The Morgan fingerprint density at radius 1 is 0.806 bits per heavy atom. The van der Waals surface area contributed by atoms with E-state index in [-0.39, 0.29) is 12.1 Å². The van der Waals surface area contributed by atoms with Crippen LogP contribution in [0, 0.1) is 6.92 Å². The van der Waals surface area contributed by atoms with Crippen LogP contribution in [0.5, 0.6) is 0 Å². The van der Waals surface area contributed by atoms with Crippen molar-refractivity contribution in [1.82, 2.24) is 18.7 Å². The Bertz CT molecular complexity index is 1630. The molecule has 2 heterocycles. The van der Waals surface area contributed by atoms with Crippen LogP contribution in [0.4, 0.5) is 5.69 Å². The number of anilines is 1. The van der Waals surface area contributed by atoms with E-state index in [1.54, 1.807) is 23.0 Å². The summed E-state index contributed by atoms with van der Waals surface area (Å²) in [6.45, 7) is 2.17. The number of nitrogens with zero attached hydrogens (tertiary/aromatic N) is 4. The SMILES string of the molecule is Cc1ccc(NC(=O)Cn2c(=O)c3c(ncn3Cc3ccccc3)n(Cc3ccccc3)c2=O)cc1. The second kappa shape index (κ2) is 9.87. The minimum Gasteiger partial charge on any atom is -0.325 e. The molecular formula is C28H25N5O3. The van der Waals surface area contributed by atoms with Gasteiger partial charge in [0, 0.05) is 12.2 Å². The van der Waals surface area contributed by atoms with Crippen molar-refractivity contribution in [3.8, 4) is 0 Å². The molecule has 5 rings (SSSR count). The first kappa shape index (κ1) is 23.0. The van der Waals surface area contributed by atoms with Gasteiger partial charge in [-0.25, -0.2) is 14.3 Å². The molecule has 0 fully saturated rings. The van der Waals surface area contributed by atoms with Crippen LogP contribution in [0.15, 0.2) is 101 Å². The van der Waals surface area contributed by atoms with E-state index in [4.69, 9.17) is 0 Å². The van der Waals surface area contributed by atoms with Gasteiger partial charge in [0.15, 0.2) is 11.2 Å². The molecule has 0 radical (unpaired) electrons. The van der Waals surface area contributed by atoms with Crippen LogP contribution in [0.25, 0.3) is 11.2 Å². The summed E-state index contributed by atoms with van der Waals surface area (Å²) in [5.41, 5.74) is 2.96. The highest BCUT2D eigenvalue weighted by molar-refractivity contribution is 5.90. The first-order valence-electron chi connectivity index (χ1n) is 11.6. The largest absolute Gasteiger partial charge is 0.333 e. The summed E-state index contributed by atoms with van der Waals surface area (Å²) in [5, 5.41) is 2.77. The molecule has 0 aliphatic carbocycles. The van der Waals surface area contributed by atoms with Crippen LogP contribution in [-0.4, -0.2) is 24.6 Å². The predicted molar refractivity (Wildman–Crippen MR) is 139 cm³/mol. The van der Waals surface area contributed by atoms with Crippen LogP contribution in [0.1, 0.15) is 16.7 Å². The molecular weight excluding hydrogens is 454 g/mol. The van der Waals surface area contributed by atoms with E-state index in [1.807, 2.05) is 79.7 Å². The van der Waals surface area contributed by atoms with E-state index in [2.05, 4.69) is 10.3 Å². The Kier molecular flexibility index (Phi) is 6.32. The summed E-state index contributed by atoms with van der Waals surface area (Å²) in [6, 6.07) is 26.5. The molecule has 0 aliphatic heterocycles. The lowest BCUT2D eigenvalue weighted by molar-refractivity contribution is -0.116. The zero-order valence-electron chi connectivity index (χ0n) is 19.8. The molecule has 8 nitrogen and oxygen atoms in total. The molecule has 5 aromatic rings. The summed E-state index contributed by atoms with van der Waals surface area (Å²) in [6.07, 6.45) is 1.57. The molecule has 8 heteroatoms. The minimum atomic E-state index is -0.583. The van der Waals surface area contributed by atoms with E-state index in [9.17, 15) is 14.4 Å². The zero-order chi connectivity index (χ0) is 25.1. The van der Waals surface area contributed by atoms with Gasteiger partial charge in [-0.3, -0.25) is 14.2 Å². The van der Waals surface area contributed by atoms with Gasteiger partial charge in [-0.15, -0.1) is 0 Å². The van der Waals surface area contributed by atoms with Gasteiger partial charge in [0.1, 0.15) is 6.54 Å². The fraction of sp³-hybridized carbons (Fsp3) is 0.143. The summed E-state index contributed by atoms with van der Waals surface area (Å²) in [5.74, 6) is -0.460. The lowest BCUT2D eigenvalue weighted by atomic mass is 10.2. The second-order valence-corrected chi connectivity index (χ2v) is 8.69. The molecule has 0 saturated heterocycles. The van der Waals surface area contributed by atoms with Crippen molar-refractivity contribution in [3.63, 3.8) is 0 Å². The molecule has 0 atom stereocenters. The zero-order valence-corrected chi connectivity index (χ0v) is 19.8. The Morgan fingerprint density at radius 3 is 2.06 bits per heavy atom. The van der Waals surface area contributed by atoms with Crippen molar-refractivity contribution in [3.05, 3.63) is 129 Å². The molecule has 2 aromatic heterocycles. The summed E-state index contributed by atoms with van der Waals surface area (Å²) >= 11 is 0. The van der Waals surface area contributed by atoms with Gasteiger partial charge in [0.05, 0.1) is 12.9 Å². The number of carbonyl (C=O) groups is 1. The third-order valence-electron chi connectivity index (χ3n) is 6.00. The number of imidazole rings is 1. The summed E-state index contributed by atoms with van der Waals surface area (Å²) in [4.78, 5) is 44.4. The number of nitrogens with one attached hydrogen (secondary N) is 1. The monoisotopic (exact) mass is 479 g/mol. The van der Waals surface area contributed by atoms with Crippen molar-refractivity contribution in [1.29, 1.82) is 0 Å². The topological polar surface area (TPSA) is 90.9 Å². The van der Waals surface area contributed by atoms with Gasteiger partial charge in [0.2, 0.25) is 5.91 Å². The molecule has 180 valence electrons. The number of benzene rings is 3. The first-order valence-corrected chi connectivity index (χ1v) is 11.6. The fourth-order valence-corrected chi connectivity index (χ4v) is 4.17. The maximum absolute atomic E-state index is 13.6. The number of fused-ring (bicyclic) bond motifs is 1. The smallest absolute Gasteiger partial charge is 0.325 e. The Balaban J connectivity index is 1.59. The maximum Gasteiger partial charge on any atom is 0.333 e. The van der Waals surface area contributed by atoms with Crippen molar-refractivity contribution in [2.45, 2.75) is 26.6 Å². The minimum absolute atomic E-state index is 0.221. The molecule has 36 heavy (non-hydrogen) atoms. The van der Waals surface area contributed by atoms with E-state index in [0.717, 1.165) is 21.3 Å².